The molecular formula is C29H25N3O6. The Hall–Kier alpha value is -4.63. The Morgan fingerprint density at radius 3 is 2.42 bits per heavy atom. The molecule has 0 bridgehead atoms. The summed E-state index contributed by atoms with van der Waals surface area (Å²) in [6, 6.07) is 19.5. The second-order valence-corrected chi connectivity index (χ2v) is 9.71. The van der Waals surface area contributed by atoms with E-state index in [1.54, 1.807) is 48.7 Å². The van der Waals surface area contributed by atoms with Crippen molar-refractivity contribution in [2.75, 3.05) is 12.0 Å². The summed E-state index contributed by atoms with van der Waals surface area (Å²) < 4.78 is 5.20. The second kappa shape index (κ2) is 8.74. The molecular weight excluding hydrogens is 486 g/mol. The van der Waals surface area contributed by atoms with Gasteiger partial charge in [0.2, 0.25) is 11.8 Å². The molecule has 2 aliphatic rings. The van der Waals surface area contributed by atoms with Gasteiger partial charge >= 0.3 is 5.97 Å². The lowest BCUT2D eigenvalue weighted by molar-refractivity contribution is -0.148. The number of benzene rings is 3. The lowest BCUT2D eigenvalue weighted by Gasteiger charge is -2.31. The van der Waals surface area contributed by atoms with Gasteiger partial charge < -0.3 is 19.9 Å². The number of nitrogens with zero attached hydrogens (tertiary/aromatic N) is 1. The highest BCUT2D eigenvalue weighted by molar-refractivity contribution is 6.24. The molecule has 1 aromatic heterocycles. The number of aliphatic carboxylic acids is 1. The highest BCUT2D eigenvalue weighted by Crippen LogP contribution is 2.52. The number of hydrogen-bond donors (Lipinski definition) is 4. The first-order chi connectivity index (χ1) is 18.4. The highest BCUT2D eigenvalue weighted by Gasteiger charge is 2.69. The topological polar surface area (TPSA) is 132 Å². The number of H-pyrrole nitrogens is 1. The number of carbonyl (C=O) groups excluding carboxylic acids is 2. The number of aromatic hydroxyl groups is 1. The van der Waals surface area contributed by atoms with E-state index in [0.717, 1.165) is 15.8 Å². The van der Waals surface area contributed by atoms with Gasteiger partial charge in [-0.15, -0.1) is 0 Å². The standard InChI is InChI=1S/C29H25N3O6/c1-38-18-12-10-17(11-13-18)32-26(34)23-24(27(32)35)29(28(36)37,31-25(23)20-7-3-5-9-22(20)33)14-16-15-30-21-8-4-2-6-19(16)21/h2-13,15,23-25,30-31,33H,14H2,1H3,(H,36,37)/t23-,24+,25-,29-/m0/s1. The van der Waals surface area contributed by atoms with E-state index in [4.69, 9.17) is 4.74 Å². The molecule has 4 aromatic rings. The van der Waals surface area contributed by atoms with Gasteiger partial charge in [0.15, 0.2) is 0 Å². The number of phenolic OH excluding ortho intramolecular Hbond substituents is 1. The monoisotopic (exact) mass is 511 g/mol. The van der Waals surface area contributed by atoms with Gasteiger partial charge in [0.25, 0.3) is 0 Å². The minimum atomic E-state index is -1.81. The second-order valence-electron chi connectivity index (χ2n) is 9.71. The molecule has 0 saturated carbocycles. The summed E-state index contributed by atoms with van der Waals surface area (Å²) in [5, 5.41) is 25.4. The van der Waals surface area contributed by atoms with Crippen molar-refractivity contribution in [3.63, 3.8) is 0 Å². The molecule has 0 spiro atoms. The van der Waals surface area contributed by atoms with Crippen LogP contribution in [0.25, 0.3) is 10.9 Å². The zero-order valence-electron chi connectivity index (χ0n) is 20.4. The van der Waals surface area contributed by atoms with Crippen LogP contribution in [0.1, 0.15) is 17.2 Å². The average Bonchev–Trinajstić information content (AvgIpc) is 3.57. The van der Waals surface area contributed by atoms with Crippen LogP contribution in [-0.4, -0.2) is 45.6 Å². The third kappa shape index (κ3) is 3.39. The van der Waals surface area contributed by atoms with Gasteiger partial charge in [-0.2, -0.15) is 0 Å². The molecule has 0 aliphatic carbocycles. The van der Waals surface area contributed by atoms with Crippen LogP contribution in [0.15, 0.2) is 79.0 Å². The number of aromatic nitrogens is 1. The number of ether oxygens (including phenoxy) is 1. The van der Waals surface area contributed by atoms with E-state index >= 15 is 0 Å². The van der Waals surface area contributed by atoms with Gasteiger partial charge in [-0.25, -0.2) is 4.90 Å². The van der Waals surface area contributed by atoms with Crippen LogP contribution in [0.4, 0.5) is 5.69 Å². The number of fused-ring (bicyclic) bond motifs is 2. The van der Waals surface area contributed by atoms with Crippen molar-refractivity contribution in [2.24, 2.45) is 11.8 Å². The van der Waals surface area contributed by atoms with Gasteiger partial charge in [-0.05, 0) is 42.0 Å². The van der Waals surface area contributed by atoms with Crippen molar-refractivity contribution < 1.29 is 29.3 Å². The zero-order chi connectivity index (χ0) is 26.6. The molecule has 2 aliphatic heterocycles. The van der Waals surface area contributed by atoms with Gasteiger partial charge in [-0.3, -0.25) is 19.7 Å². The van der Waals surface area contributed by atoms with Crippen LogP contribution in [-0.2, 0) is 20.8 Å². The number of imide groups is 1. The van der Waals surface area contributed by atoms with E-state index < -0.39 is 41.2 Å². The van der Waals surface area contributed by atoms with Crippen LogP contribution in [0.3, 0.4) is 0 Å². The predicted molar refractivity (Wildman–Crippen MR) is 139 cm³/mol. The Morgan fingerprint density at radius 2 is 1.71 bits per heavy atom. The number of anilines is 1. The van der Waals surface area contributed by atoms with Crippen LogP contribution >= 0.6 is 0 Å². The van der Waals surface area contributed by atoms with E-state index in [1.807, 2.05) is 24.3 Å². The number of methoxy groups -OCH3 is 1. The molecule has 192 valence electrons. The first kappa shape index (κ1) is 23.7. The molecule has 4 atom stereocenters. The summed E-state index contributed by atoms with van der Waals surface area (Å²) in [6.45, 7) is 0. The normalized spacial score (nSPS) is 24.7. The lowest BCUT2D eigenvalue weighted by atomic mass is 9.76. The van der Waals surface area contributed by atoms with Crippen LogP contribution < -0.4 is 15.0 Å². The predicted octanol–water partition coefficient (Wildman–Crippen LogP) is 3.40. The van der Waals surface area contributed by atoms with E-state index in [-0.39, 0.29) is 12.2 Å². The Labute approximate surface area is 217 Å². The molecule has 0 unspecified atom stereocenters. The molecule has 0 radical (unpaired) electrons. The van der Waals surface area contributed by atoms with Crippen LogP contribution in [0, 0.1) is 11.8 Å². The first-order valence-electron chi connectivity index (χ1n) is 12.2. The van der Waals surface area contributed by atoms with Crippen molar-refractivity contribution in [2.45, 2.75) is 18.0 Å². The number of aromatic amines is 1. The number of phenols is 1. The number of amides is 2. The minimum Gasteiger partial charge on any atom is -0.508 e. The van der Waals surface area contributed by atoms with Crippen molar-refractivity contribution in [1.29, 1.82) is 0 Å². The molecule has 6 rings (SSSR count). The maximum Gasteiger partial charge on any atom is 0.325 e. The Morgan fingerprint density at radius 1 is 1.00 bits per heavy atom. The molecule has 9 nitrogen and oxygen atoms in total. The van der Waals surface area contributed by atoms with Gasteiger partial charge in [0.05, 0.1) is 24.6 Å². The SMILES string of the molecule is COc1ccc(N2C(=O)[C@@H]3[C@H](c4ccccc4O)N[C@](Cc4c[nH]c5ccccc45)(C(=O)O)[C@H]3C2=O)cc1. The maximum absolute atomic E-state index is 14.0. The van der Waals surface area contributed by atoms with E-state index in [1.165, 1.54) is 13.2 Å². The lowest BCUT2D eigenvalue weighted by Crippen LogP contribution is -2.57. The average molecular weight is 512 g/mol. The summed E-state index contributed by atoms with van der Waals surface area (Å²) in [7, 11) is 1.51. The van der Waals surface area contributed by atoms with E-state index in [0.29, 0.717) is 22.6 Å². The Bertz CT molecular complexity index is 1580. The quantitative estimate of drug-likeness (QED) is 0.292. The number of para-hydroxylation sites is 2. The first-order valence-corrected chi connectivity index (χ1v) is 12.2. The number of nitrogens with one attached hydrogen (secondary N) is 2. The number of hydrogen-bond acceptors (Lipinski definition) is 6. The van der Waals surface area contributed by atoms with E-state index in [9.17, 15) is 24.6 Å². The fraction of sp³-hybridized carbons (Fsp3) is 0.207. The number of rotatable bonds is 6. The largest absolute Gasteiger partial charge is 0.508 e. The van der Waals surface area contributed by atoms with Crippen molar-refractivity contribution in [1.82, 2.24) is 10.3 Å². The minimum absolute atomic E-state index is 0.0485. The molecule has 3 aromatic carbocycles. The third-order valence-corrected chi connectivity index (χ3v) is 7.78. The van der Waals surface area contributed by atoms with Gasteiger partial charge in [0.1, 0.15) is 17.0 Å². The molecule has 2 amide bonds. The third-order valence-electron chi connectivity index (χ3n) is 7.78. The Kier molecular flexibility index (Phi) is 5.46. The number of carbonyl (C=O) groups is 3. The van der Waals surface area contributed by atoms with E-state index in [2.05, 4.69) is 10.3 Å². The fourth-order valence-corrected chi connectivity index (χ4v) is 6.02. The summed E-state index contributed by atoms with van der Waals surface area (Å²) in [4.78, 5) is 45.3. The number of carboxylic acids is 1. The van der Waals surface area contributed by atoms with Gasteiger partial charge in [-0.1, -0.05) is 36.4 Å². The maximum atomic E-state index is 14.0. The fourth-order valence-electron chi connectivity index (χ4n) is 6.02. The molecule has 2 saturated heterocycles. The summed E-state index contributed by atoms with van der Waals surface area (Å²) in [5.41, 5.74) is 0.426. The van der Waals surface area contributed by atoms with Crippen molar-refractivity contribution >= 4 is 34.4 Å². The molecule has 3 heterocycles. The molecule has 2 fully saturated rings. The van der Waals surface area contributed by atoms with Crippen LogP contribution in [0.2, 0.25) is 0 Å². The Balaban J connectivity index is 1.51. The molecule has 9 heteroatoms. The van der Waals surface area contributed by atoms with Gasteiger partial charge in [0, 0.05) is 35.1 Å². The van der Waals surface area contributed by atoms with Crippen molar-refractivity contribution in [3.05, 3.63) is 90.1 Å². The van der Waals surface area contributed by atoms with Crippen molar-refractivity contribution in [3.8, 4) is 11.5 Å². The summed E-state index contributed by atoms with van der Waals surface area (Å²) >= 11 is 0. The smallest absolute Gasteiger partial charge is 0.325 e. The van der Waals surface area contributed by atoms with Crippen LogP contribution in [0.5, 0.6) is 11.5 Å². The summed E-state index contributed by atoms with van der Waals surface area (Å²) in [6.07, 6.45) is 1.69. The summed E-state index contributed by atoms with van der Waals surface area (Å²) in [5.74, 6) is -4.15. The zero-order valence-corrected chi connectivity index (χ0v) is 20.4. The molecule has 38 heavy (non-hydrogen) atoms. The molecule has 4 N–H and O–H groups in total. The number of carboxylic acid groups (broad SMARTS) is 1. The highest BCUT2D eigenvalue weighted by atomic mass is 16.5.